The van der Waals surface area contributed by atoms with Gasteiger partial charge in [0.1, 0.15) is 0 Å². The molecular formula is C16H21N5O2S. The minimum atomic E-state index is -2.95. The molecule has 7 nitrogen and oxygen atoms in total. The number of rotatable bonds is 5. The zero-order valence-corrected chi connectivity index (χ0v) is 14.6. The van der Waals surface area contributed by atoms with E-state index in [9.17, 15) is 8.42 Å². The smallest absolute Gasteiger partial charge is 0.247 e. The molecule has 3 rings (SSSR count). The molecule has 1 saturated heterocycles. The van der Waals surface area contributed by atoms with Crippen LogP contribution in [-0.4, -0.2) is 47.7 Å². The Morgan fingerprint density at radius 1 is 1.29 bits per heavy atom. The lowest BCUT2D eigenvalue weighted by atomic mass is 10.2. The molecular weight excluding hydrogens is 326 g/mol. The summed E-state index contributed by atoms with van der Waals surface area (Å²) in [5.41, 5.74) is 2.10. The Balaban J connectivity index is 1.79. The summed E-state index contributed by atoms with van der Waals surface area (Å²) in [7, 11) is -2.95. The highest BCUT2D eigenvalue weighted by Gasteiger charge is 2.33. The fourth-order valence-corrected chi connectivity index (χ4v) is 4.58. The summed E-state index contributed by atoms with van der Waals surface area (Å²) in [5.74, 6) is 1.42. The summed E-state index contributed by atoms with van der Waals surface area (Å²) >= 11 is 0. The normalized spacial score (nSPS) is 19.2. The fourth-order valence-electron chi connectivity index (χ4n) is 2.84. The third-order valence-electron chi connectivity index (χ3n) is 4.12. The van der Waals surface area contributed by atoms with Gasteiger partial charge >= 0.3 is 0 Å². The van der Waals surface area contributed by atoms with Gasteiger partial charge in [-0.2, -0.15) is 10.1 Å². The van der Waals surface area contributed by atoms with E-state index in [0.717, 1.165) is 5.69 Å². The van der Waals surface area contributed by atoms with Crippen molar-refractivity contribution >= 4 is 27.3 Å². The van der Waals surface area contributed by atoms with Gasteiger partial charge in [-0.25, -0.2) is 8.42 Å². The predicted octanol–water partition coefficient (Wildman–Crippen LogP) is 1.94. The van der Waals surface area contributed by atoms with E-state index < -0.39 is 9.84 Å². The number of nitrogens with one attached hydrogen (secondary N) is 1. The lowest BCUT2D eigenvalue weighted by Crippen LogP contribution is -2.37. The molecule has 128 valence electrons. The molecule has 1 aliphatic rings. The lowest BCUT2D eigenvalue weighted by Gasteiger charge is -2.26. The summed E-state index contributed by atoms with van der Waals surface area (Å²) in [6, 6.07) is 7.88. The van der Waals surface area contributed by atoms with Crippen molar-refractivity contribution in [2.45, 2.75) is 26.3 Å². The van der Waals surface area contributed by atoms with Gasteiger partial charge in [-0.3, -0.25) is 0 Å². The Hall–Kier alpha value is -2.22. The highest BCUT2D eigenvalue weighted by Crippen LogP contribution is 2.22. The Labute approximate surface area is 142 Å². The van der Waals surface area contributed by atoms with Crippen LogP contribution in [0, 0.1) is 6.92 Å². The molecule has 0 amide bonds. The van der Waals surface area contributed by atoms with E-state index in [4.69, 9.17) is 0 Å². The minimum Gasteiger partial charge on any atom is -0.339 e. The van der Waals surface area contributed by atoms with Crippen LogP contribution in [0.2, 0.25) is 0 Å². The first-order valence-corrected chi connectivity index (χ1v) is 9.79. The van der Waals surface area contributed by atoms with Crippen LogP contribution < -0.4 is 10.2 Å². The molecule has 2 heterocycles. The van der Waals surface area contributed by atoms with Gasteiger partial charge in [0.25, 0.3) is 0 Å². The first-order chi connectivity index (χ1) is 11.5. The summed E-state index contributed by atoms with van der Waals surface area (Å²) < 4.78 is 23.5. The molecule has 0 spiro atoms. The summed E-state index contributed by atoms with van der Waals surface area (Å²) in [4.78, 5) is 6.41. The highest BCUT2D eigenvalue weighted by molar-refractivity contribution is 7.91. The van der Waals surface area contributed by atoms with Crippen LogP contribution in [0.1, 0.15) is 18.9 Å². The maximum absolute atomic E-state index is 11.7. The Bertz CT molecular complexity index is 807. The molecule has 8 heteroatoms. The SMILES string of the molecule is CCN(c1nncc(Nc2ccc(C)cc2)n1)C1CCS(=O)(=O)C1. The van der Waals surface area contributed by atoms with Crippen LogP contribution in [0.25, 0.3) is 0 Å². The van der Waals surface area contributed by atoms with Crippen LogP contribution in [0.3, 0.4) is 0 Å². The molecule has 1 unspecified atom stereocenters. The molecule has 0 saturated carbocycles. The van der Waals surface area contributed by atoms with Crippen molar-refractivity contribution in [2.24, 2.45) is 0 Å². The van der Waals surface area contributed by atoms with Crippen molar-refractivity contribution in [2.75, 3.05) is 28.3 Å². The molecule has 1 fully saturated rings. The minimum absolute atomic E-state index is 0.0866. The van der Waals surface area contributed by atoms with Gasteiger partial charge in [-0.15, -0.1) is 5.10 Å². The molecule has 1 N–H and O–H groups in total. The largest absolute Gasteiger partial charge is 0.339 e. The standard InChI is InChI=1S/C16H21N5O2S/c1-3-21(14-8-9-24(22,23)11-14)16-19-15(10-17-20-16)18-13-6-4-12(2)5-7-13/h4-7,10,14H,3,8-9,11H2,1-2H3,(H,18,19,20). The number of anilines is 3. The quantitative estimate of drug-likeness (QED) is 0.884. The maximum Gasteiger partial charge on any atom is 0.247 e. The number of hydrogen-bond donors (Lipinski definition) is 1. The van der Waals surface area contributed by atoms with Crippen molar-refractivity contribution < 1.29 is 8.42 Å². The van der Waals surface area contributed by atoms with Gasteiger partial charge in [0.2, 0.25) is 5.95 Å². The predicted molar refractivity (Wildman–Crippen MR) is 94.4 cm³/mol. The Morgan fingerprint density at radius 2 is 2.04 bits per heavy atom. The molecule has 1 aromatic carbocycles. The first-order valence-electron chi connectivity index (χ1n) is 7.97. The molecule has 24 heavy (non-hydrogen) atoms. The molecule has 1 aliphatic heterocycles. The van der Waals surface area contributed by atoms with E-state index in [1.165, 1.54) is 5.56 Å². The van der Waals surface area contributed by atoms with E-state index in [-0.39, 0.29) is 17.5 Å². The van der Waals surface area contributed by atoms with E-state index in [0.29, 0.717) is 24.7 Å². The van der Waals surface area contributed by atoms with Crippen molar-refractivity contribution in [3.05, 3.63) is 36.0 Å². The molecule has 1 aromatic heterocycles. The molecule has 0 aliphatic carbocycles. The van der Waals surface area contributed by atoms with Gasteiger partial charge in [0.15, 0.2) is 15.7 Å². The monoisotopic (exact) mass is 347 g/mol. The van der Waals surface area contributed by atoms with Crippen LogP contribution in [0.5, 0.6) is 0 Å². The van der Waals surface area contributed by atoms with E-state index in [1.807, 2.05) is 43.0 Å². The van der Waals surface area contributed by atoms with Gasteiger partial charge in [-0.05, 0) is 32.4 Å². The molecule has 1 atom stereocenters. The van der Waals surface area contributed by atoms with Crippen LogP contribution in [0.4, 0.5) is 17.5 Å². The molecule has 0 radical (unpaired) electrons. The lowest BCUT2D eigenvalue weighted by molar-refractivity contribution is 0.598. The second-order valence-corrected chi connectivity index (χ2v) is 8.20. The number of nitrogens with zero attached hydrogens (tertiary/aromatic N) is 4. The van der Waals surface area contributed by atoms with E-state index in [1.54, 1.807) is 6.20 Å². The van der Waals surface area contributed by atoms with Gasteiger partial charge in [0.05, 0.1) is 17.7 Å². The average molecular weight is 347 g/mol. The topological polar surface area (TPSA) is 88.1 Å². The molecule has 2 aromatic rings. The zero-order valence-electron chi connectivity index (χ0n) is 13.8. The first kappa shape index (κ1) is 16.6. The summed E-state index contributed by atoms with van der Waals surface area (Å²) in [5, 5.41) is 11.3. The van der Waals surface area contributed by atoms with Gasteiger partial charge in [-0.1, -0.05) is 17.7 Å². The maximum atomic E-state index is 11.7. The Morgan fingerprint density at radius 3 is 2.67 bits per heavy atom. The number of sulfone groups is 1. The number of hydrogen-bond acceptors (Lipinski definition) is 7. The second-order valence-electron chi connectivity index (χ2n) is 5.98. The van der Waals surface area contributed by atoms with Crippen molar-refractivity contribution in [1.82, 2.24) is 15.2 Å². The van der Waals surface area contributed by atoms with Crippen LogP contribution in [0.15, 0.2) is 30.5 Å². The third-order valence-corrected chi connectivity index (χ3v) is 5.87. The van der Waals surface area contributed by atoms with E-state index in [2.05, 4.69) is 20.5 Å². The van der Waals surface area contributed by atoms with E-state index >= 15 is 0 Å². The van der Waals surface area contributed by atoms with Crippen molar-refractivity contribution in [1.29, 1.82) is 0 Å². The van der Waals surface area contributed by atoms with Crippen LogP contribution in [-0.2, 0) is 9.84 Å². The van der Waals surface area contributed by atoms with Crippen molar-refractivity contribution in [3.8, 4) is 0 Å². The Kier molecular flexibility index (Phi) is 4.66. The number of aromatic nitrogens is 3. The fraction of sp³-hybridized carbons (Fsp3) is 0.438. The summed E-state index contributed by atoms with van der Waals surface area (Å²) in [6.07, 6.45) is 2.16. The third kappa shape index (κ3) is 3.81. The number of benzene rings is 1. The number of aryl methyl sites for hydroxylation is 1. The molecule has 0 bridgehead atoms. The van der Waals surface area contributed by atoms with Gasteiger partial charge in [0, 0.05) is 18.3 Å². The summed E-state index contributed by atoms with van der Waals surface area (Å²) in [6.45, 7) is 4.63. The average Bonchev–Trinajstić information content (AvgIpc) is 2.91. The van der Waals surface area contributed by atoms with Crippen LogP contribution >= 0.6 is 0 Å². The van der Waals surface area contributed by atoms with Crippen molar-refractivity contribution in [3.63, 3.8) is 0 Å². The highest BCUT2D eigenvalue weighted by atomic mass is 32.2. The van der Waals surface area contributed by atoms with Gasteiger partial charge < -0.3 is 10.2 Å². The zero-order chi connectivity index (χ0) is 17.2. The second kappa shape index (κ2) is 6.72.